The number of phenols is 1. The van der Waals surface area contributed by atoms with Gasteiger partial charge in [-0.3, -0.25) is 10.1 Å². The molecule has 0 heterocycles. The standard InChI is InChI=1S/C8H7NO6.K.H/c1-15-7-3-5(9(13)14)4(8(11)12)2-6(7)10;;/h2-3,10H,1H3,(H,11,12);;. The zero-order chi connectivity index (χ0) is 11.6. The third kappa shape index (κ3) is 3.16. The summed E-state index contributed by atoms with van der Waals surface area (Å²) in [4.78, 5) is 20.3. The minimum atomic E-state index is -1.49. The van der Waals surface area contributed by atoms with Crippen molar-refractivity contribution in [1.82, 2.24) is 0 Å². The number of hydrogen-bond acceptors (Lipinski definition) is 5. The topological polar surface area (TPSA) is 110 Å². The number of carbonyl (C=O) groups is 1. The van der Waals surface area contributed by atoms with Crippen molar-refractivity contribution in [2.75, 3.05) is 7.11 Å². The maximum absolute atomic E-state index is 10.6. The fraction of sp³-hybridized carbons (Fsp3) is 0.125. The maximum atomic E-state index is 10.6. The van der Waals surface area contributed by atoms with Crippen LogP contribution in [-0.4, -0.2) is 79.6 Å². The molecule has 0 unspecified atom stereocenters. The number of phenolic OH excluding ortho intramolecular Hbond substituents is 1. The van der Waals surface area contributed by atoms with E-state index in [1.54, 1.807) is 0 Å². The number of carboxylic acids is 1. The fourth-order valence-electron chi connectivity index (χ4n) is 1.04. The number of hydrogen-bond donors (Lipinski definition) is 2. The van der Waals surface area contributed by atoms with Gasteiger partial charge in [-0.15, -0.1) is 0 Å². The third-order valence-corrected chi connectivity index (χ3v) is 1.72. The molecule has 1 aromatic carbocycles. The van der Waals surface area contributed by atoms with Gasteiger partial charge in [0.05, 0.1) is 18.1 Å². The van der Waals surface area contributed by atoms with E-state index in [0.29, 0.717) is 0 Å². The van der Waals surface area contributed by atoms with E-state index in [0.717, 1.165) is 12.1 Å². The van der Waals surface area contributed by atoms with Crippen LogP contribution in [0.2, 0.25) is 0 Å². The van der Waals surface area contributed by atoms with E-state index in [1.807, 2.05) is 0 Å². The summed E-state index contributed by atoms with van der Waals surface area (Å²) in [6.07, 6.45) is 0. The molecule has 0 spiro atoms. The Bertz CT molecular complexity index is 433. The average molecular weight is 253 g/mol. The summed E-state index contributed by atoms with van der Waals surface area (Å²) >= 11 is 0. The van der Waals surface area contributed by atoms with Crippen LogP contribution in [0, 0.1) is 10.1 Å². The first kappa shape index (κ1) is 15.3. The van der Waals surface area contributed by atoms with Crippen molar-refractivity contribution in [2.24, 2.45) is 0 Å². The van der Waals surface area contributed by atoms with Crippen molar-refractivity contribution >= 4 is 63.0 Å². The molecule has 0 bridgehead atoms. The second kappa shape index (κ2) is 6.16. The minimum absolute atomic E-state index is 0. The van der Waals surface area contributed by atoms with Gasteiger partial charge in [0.1, 0.15) is 5.56 Å². The predicted molar refractivity (Wildman–Crippen MR) is 55.4 cm³/mol. The number of aromatic hydroxyl groups is 1. The first-order valence-electron chi connectivity index (χ1n) is 3.76. The van der Waals surface area contributed by atoms with E-state index >= 15 is 0 Å². The Hall–Kier alpha value is -0.674. The van der Waals surface area contributed by atoms with Crippen molar-refractivity contribution in [2.45, 2.75) is 0 Å². The van der Waals surface area contributed by atoms with Gasteiger partial charge in [-0.1, -0.05) is 0 Å². The zero-order valence-corrected chi connectivity index (χ0v) is 7.63. The SMILES string of the molecule is COc1cc([N+](=O)[O-])c(C(=O)O)cc1O.[KH]. The molecule has 0 fully saturated rings. The molecule has 1 rings (SSSR count). The van der Waals surface area contributed by atoms with Crippen LogP contribution in [-0.2, 0) is 0 Å². The van der Waals surface area contributed by atoms with E-state index < -0.39 is 27.9 Å². The molecular weight excluding hydrogens is 245 g/mol. The van der Waals surface area contributed by atoms with E-state index in [2.05, 4.69) is 4.74 Å². The van der Waals surface area contributed by atoms with Crippen LogP contribution in [0.5, 0.6) is 11.5 Å². The number of ether oxygens (including phenoxy) is 1. The molecule has 1 aromatic rings. The van der Waals surface area contributed by atoms with Gasteiger partial charge in [0, 0.05) is 6.07 Å². The van der Waals surface area contributed by atoms with Crippen LogP contribution in [0.1, 0.15) is 10.4 Å². The van der Waals surface area contributed by atoms with Crippen molar-refractivity contribution in [1.29, 1.82) is 0 Å². The van der Waals surface area contributed by atoms with Crippen LogP contribution >= 0.6 is 0 Å². The quantitative estimate of drug-likeness (QED) is 0.457. The van der Waals surface area contributed by atoms with Gasteiger partial charge < -0.3 is 14.9 Å². The van der Waals surface area contributed by atoms with Crippen LogP contribution < -0.4 is 4.74 Å². The van der Waals surface area contributed by atoms with E-state index in [-0.39, 0.29) is 57.1 Å². The number of nitro benzene ring substituents is 1. The Kier molecular flexibility index (Phi) is 5.90. The molecule has 0 saturated carbocycles. The summed E-state index contributed by atoms with van der Waals surface area (Å²) in [5, 5.41) is 28.4. The fourth-order valence-corrected chi connectivity index (χ4v) is 1.04. The Morgan fingerprint density at radius 2 is 2.06 bits per heavy atom. The monoisotopic (exact) mass is 253 g/mol. The number of carboxylic acid groups (broad SMARTS) is 1. The van der Waals surface area contributed by atoms with Crippen LogP contribution in [0.3, 0.4) is 0 Å². The molecule has 16 heavy (non-hydrogen) atoms. The molecule has 0 aromatic heterocycles. The number of rotatable bonds is 3. The Labute approximate surface area is 133 Å². The number of nitrogens with zero attached hydrogens (tertiary/aromatic N) is 1. The Balaban J connectivity index is 0.00000225. The molecule has 0 aliphatic carbocycles. The zero-order valence-electron chi connectivity index (χ0n) is 7.63. The summed E-state index contributed by atoms with van der Waals surface area (Å²) in [6, 6.07) is 1.64. The number of benzene rings is 1. The predicted octanol–water partition coefficient (Wildman–Crippen LogP) is 0.359. The van der Waals surface area contributed by atoms with Crippen molar-refractivity contribution in [3.63, 3.8) is 0 Å². The molecule has 0 aliphatic heterocycles. The van der Waals surface area contributed by atoms with Crippen LogP contribution in [0.15, 0.2) is 12.1 Å². The summed E-state index contributed by atoms with van der Waals surface area (Å²) in [6.45, 7) is 0. The van der Waals surface area contributed by atoms with Crippen molar-refractivity contribution < 1.29 is 24.7 Å². The van der Waals surface area contributed by atoms with Gasteiger partial charge in [0.25, 0.3) is 5.69 Å². The molecule has 0 amide bonds. The number of aromatic carboxylic acids is 1. The van der Waals surface area contributed by atoms with Gasteiger partial charge in [0.2, 0.25) is 0 Å². The van der Waals surface area contributed by atoms with Gasteiger partial charge in [-0.2, -0.15) is 0 Å². The van der Waals surface area contributed by atoms with Gasteiger partial charge in [-0.25, -0.2) is 4.79 Å². The second-order valence-corrected chi connectivity index (χ2v) is 2.60. The number of methoxy groups -OCH3 is 1. The van der Waals surface area contributed by atoms with Gasteiger partial charge in [0.15, 0.2) is 11.5 Å². The molecule has 8 heteroatoms. The van der Waals surface area contributed by atoms with Gasteiger partial charge in [-0.05, 0) is 0 Å². The molecule has 7 nitrogen and oxygen atoms in total. The Morgan fingerprint density at radius 3 is 2.44 bits per heavy atom. The summed E-state index contributed by atoms with van der Waals surface area (Å²) in [5.41, 5.74) is -1.21. The molecule has 0 radical (unpaired) electrons. The average Bonchev–Trinajstić information content (AvgIpc) is 2.16. The van der Waals surface area contributed by atoms with Crippen LogP contribution in [0.4, 0.5) is 5.69 Å². The molecule has 0 atom stereocenters. The normalized spacial score (nSPS) is 9.06. The van der Waals surface area contributed by atoms with E-state index in [9.17, 15) is 20.0 Å². The molecule has 82 valence electrons. The first-order valence-corrected chi connectivity index (χ1v) is 3.76. The van der Waals surface area contributed by atoms with Gasteiger partial charge >= 0.3 is 57.4 Å². The Morgan fingerprint density at radius 1 is 1.50 bits per heavy atom. The van der Waals surface area contributed by atoms with E-state index in [4.69, 9.17) is 5.11 Å². The molecule has 0 aliphatic rings. The molecule has 2 N–H and O–H groups in total. The number of nitro groups is 1. The van der Waals surface area contributed by atoms with Crippen LogP contribution in [0.25, 0.3) is 0 Å². The summed E-state index contributed by atoms with van der Waals surface area (Å²) < 4.78 is 4.62. The third-order valence-electron chi connectivity index (χ3n) is 1.72. The van der Waals surface area contributed by atoms with E-state index in [1.165, 1.54) is 7.11 Å². The summed E-state index contributed by atoms with van der Waals surface area (Å²) in [7, 11) is 1.21. The first-order chi connectivity index (χ1) is 6.97. The van der Waals surface area contributed by atoms with Crippen molar-refractivity contribution in [3.05, 3.63) is 27.8 Å². The molecule has 0 saturated heterocycles. The van der Waals surface area contributed by atoms with Crippen molar-refractivity contribution in [3.8, 4) is 11.5 Å². The molecular formula is C8H8KNO6. The second-order valence-electron chi connectivity index (χ2n) is 2.60. The summed E-state index contributed by atoms with van der Waals surface area (Å²) in [5.74, 6) is -2.09.